The topological polar surface area (TPSA) is 82.7 Å². The SMILES string of the molecule is CCNC(=NCc1ccccn1)NCC(C)(O)c1ccco1.I. The molecule has 0 aliphatic rings. The fourth-order valence-electron chi connectivity index (χ4n) is 1.92. The molecule has 2 aromatic rings. The van der Waals surface area contributed by atoms with E-state index in [1.54, 1.807) is 31.5 Å². The van der Waals surface area contributed by atoms with Gasteiger partial charge in [0.1, 0.15) is 11.4 Å². The summed E-state index contributed by atoms with van der Waals surface area (Å²) < 4.78 is 5.26. The molecule has 1 unspecified atom stereocenters. The predicted octanol–water partition coefficient (Wildman–Crippen LogP) is 2.26. The number of aromatic nitrogens is 1. The summed E-state index contributed by atoms with van der Waals surface area (Å²) in [6.07, 6.45) is 3.29. The number of rotatable bonds is 6. The molecule has 1 atom stereocenters. The monoisotopic (exact) mass is 430 g/mol. The first-order valence-corrected chi connectivity index (χ1v) is 7.30. The molecule has 6 nitrogen and oxygen atoms in total. The number of nitrogens with one attached hydrogen (secondary N) is 2. The lowest BCUT2D eigenvalue weighted by Crippen LogP contribution is -2.44. The molecule has 0 saturated carbocycles. The van der Waals surface area contributed by atoms with Crippen LogP contribution in [0.3, 0.4) is 0 Å². The fraction of sp³-hybridized carbons (Fsp3) is 0.375. The molecule has 23 heavy (non-hydrogen) atoms. The van der Waals surface area contributed by atoms with Crippen molar-refractivity contribution in [1.82, 2.24) is 15.6 Å². The molecule has 2 rings (SSSR count). The lowest BCUT2D eigenvalue weighted by atomic mass is 10.0. The minimum Gasteiger partial charge on any atom is -0.466 e. The molecular weight excluding hydrogens is 407 g/mol. The third-order valence-corrected chi connectivity index (χ3v) is 3.12. The average molecular weight is 430 g/mol. The Morgan fingerprint density at radius 3 is 2.74 bits per heavy atom. The second-order valence-electron chi connectivity index (χ2n) is 5.12. The van der Waals surface area contributed by atoms with Gasteiger partial charge >= 0.3 is 0 Å². The zero-order valence-electron chi connectivity index (χ0n) is 13.3. The van der Waals surface area contributed by atoms with Crippen LogP contribution in [0.1, 0.15) is 25.3 Å². The largest absolute Gasteiger partial charge is 0.466 e. The Morgan fingerprint density at radius 2 is 2.13 bits per heavy atom. The highest BCUT2D eigenvalue weighted by atomic mass is 127. The van der Waals surface area contributed by atoms with E-state index in [4.69, 9.17) is 4.42 Å². The van der Waals surface area contributed by atoms with Gasteiger partial charge in [-0.05, 0) is 38.1 Å². The van der Waals surface area contributed by atoms with Crippen molar-refractivity contribution in [3.63, 3.8) is 0 Å². The van der Waals surface area contributed by atoms with Crippen molar-refractivity contribution in [1.29, 1.82) is 0 Å². The third-order valence-electron chi connectivity index (χ3n) is 3.12. The number of pyridine rings is 1. The standard InChI is InChI=1S/C16H22N4O2.HI/c1-3-17-15(19-11-13-7-4-5-9-18-13)20-12-16(2,21)14-8-6-10-22-14;/h4-10,21H,3,11-12H2,1-2H3,(H2,17,19,20);1H. The van der Waals surface area contributed by atoms with Crippen molar-refractivity contribution in [2.45, 2.75) is 26.0 Å². The number of nitrogens with zero attached hydrogens (tertiary/aromatic N) is 2. The van der Waals surface area contributed by atoms with Gasteiger partial charge in [0.25, 0.3) is 0 Å². The van der Waals surface area contributed by atoms with Crippen LogP contribution >= 0.6 is 24.0 Å². The highest BCUT2D eigenvalue weighted by Crippen LogP contribution is 2.19. The molecule has 0 saturated heterocycles. The second-order valence-corrected chi connectivity index (χ2v) is 5.12. The van der Waals surface area contributed by atoms with Crippen LogP contribution in [0, 0.1) is 0 Å². The quantitative estimate of drug-likeness (QED) is 0.372. The summed E-state index contributed by atoms with van der Waals surface area (Å²) in [4.78, 5) is 8.69. The molecule has 7 heteroatoms. The van der Waals surface area contributed by atoms with E-state index in [-0.39, 0.29) is 30.5 Å². The Hall–Kier alpha value is -1.61. The molecule has 0 spiro atoms. The molecular formula is C16H23IN4O2. The number of hydrogen-bond acceptors (Lipinski definition) is 4. The van der Waals surface area contributed by atoms with E-state index in [0.717, 1.165) is 12.2 Å². The van der Waals surface area contributed by atoms with Gasteiger partial charge in [-0.2, -0.15) is 0 Å². The molecule has 0 aliphatic heterocycles. The molecule has 2 heterocycles. The van der Waals surface area contributed by atoms with E-state index >= 15 is 0 Å². The van der Waals surface area contributed by atoms with Crippen molar-refractivity contribution in [3.05, 3.63) is 54.2 Å². The van der Waals surface area contributed by atoms with Crippen LogP contribution in [0.2, 0.25) is 0 Å². The van der Waals surface area contributed by atoms with Crippen molar-refractivity contribution in [2.75, 3.05) is 13.1 Å². The van der Waals surface area contributed by atoms with Gasteiger partial charge < -0.3 is 20.2 Å². The van der Waals surface area contributed by atoms with E-state index in [2.05, 4.69) is 20.6 Å². The first-order valence-electron chi connectivity index (χ1n) is 7.30. The highest BCUT2D eigenvalue weighted by Gasteiger charge is 2.26. The molecule has 126 valence electrons. The number of hydrogen-bond donors (Lipinski definition) is 3. The number of furan rings is 1. The van der Waals surface area contributed by atoms with Crippen LogP contribution in [0.15, 0.2) is 52.2 Å². The van der Waals surface area contributed by atoms with Gasteiger partial charge in [-0.25, -0.2) is 4.99 Å². The van der Waals surface area contributed by atoms with Crippen molar-refractivity contribution in [2.24, 2.45) is 4.99 Å². The van der Waals surface area contributed by atoms with Crippen LogP contribution in [-0.4, -0.2) is 29.1 Å². The molecule has 2 aromatic heterocycles. The fourth-order valence-corrected chi connectivity index (χ4v) is 1.92. The zero-order valence-corrected chi connectivity index (χ0v) is 15.7. The van der Waals surface area contributed by atoms with Gasteiger partial charge in [-0.15, -0.1) is 24.0 Å². The summed E-state index contributed by atoms with van der Waals surface area (Å²) in [5, 5.41) is 16.7. The number of guanidine groups is 1. The summed E-state index contributed by atoms with van der Waals surface area (Å²) in [6.45, 7) is 5.17. The summed E-state index contributed by atoms with van der Waals surface area (Å²) in [7, 11) is 0. The minimum absolute atomic E-state index is 0. The maximum Gasteiger partial charge on any atom is 0.191 e. The van der Waals surface area contributed by atoms with Gasteiger partial charge in [0.15, 0.2) is 5.96 Å². The minimum atomic E-state index is -1.11. The Balaban J connectivity index is 0.00000264. The number of halogens is 1. The summed E-state index contributed by atoms with van der Waals surface area (Å²) >= 11 is 0. The average Bonchev–Trinajstić information content (AvgIpc) is 3.06. The van der Waals surface area contributed by atoms with Crippen molar-refractivity contribution < 1.29 is 9.52 Å². The summed E-state index contributed by atoms with van der Waals surface area (Å²) in [6, 6.07) is 9.23. The molecule has 0 aliphatic carbocycles. The molecule has 0 bridgehead atoms. The number of aliphatic hydroxyl groups is 1. The maximum absolute atomic E-state index is 10.4. The first kappa shape index (κ1) is 19.4. The van der Waals surface area contributed by atoms with Gasteiger partial charge in [-0.1, -0.05) is 6.07 Å². The highest BCUT2D eigenvalue weighted by molar-refractivity contribution is 14.0. The summed E-state index contributed by atoms with van der Waals surface area (Å²) in [5.41, 5.74) is -0.220. The molecule has 3 N–H and O–H groups in total. The molecule has 0 amide bonds. The predicted molar refractivity (Wildman–Crippen MR) is 101 cm³/mol. The first-order chi connectivity index (χ1) is 10.6. The van der Waals surface area contributed by atoms with E-state index in [0.29, 0.717) is 18.3 Å². The molecule has 0 radical (unpaired) electrons. The summed E-state index contributed by atoms with van der Waals surface area (Å²) in [5.74, 6) is 1.14. The number of aliphatic imine (C=N–C) groups is 1. The van der Waals surface area contributed by atoms with Crippen molar-refractivity contribution >= 4 is 29.9 Å². The van der Waals surface area contributed by atoms with Crippen LogP contribution in [0.5, 0.6) is 0 Å². The smallest absolute Gasteiger partial charge is 0.191 e. The van der Waals surface area contributed by atoms with E-state index in [9.17, 15) is 5.11 Å². The van der Waals surface area contributed by atoms with E-state index in [1.807, 2.05) is 25.1 Å². The van der Waals surface area contributed by atoms with Crippen molar-refractivity contribution in [3.8, 4) is 0 Å². The Bertz CT molecular complexity index is 585. The van der Waals surface area contributed by atoms with E-state index in [1.165, 1.54) is 0 Å². The second kappa shape index (κ2) is 9.51. The van der Waals surface area contributed by atoms with Gasteiger partial charge in [-0.3, -0.25) is 4.98 Å². The lowest BCUT2D eigenvalue weighted by Gasteiger charge is -2.22. The van der Waals surface area contributed by atoms with Gasteiger partial charge in [0.05, 0.1) is 25.0 Å². The van der Waals surface area contributed by atoms with E-state index < -0.39 is 5.60 Å². The molecule has 0 fully saturated rings. The lowest BCUT2D eigenvalue weighted by molar-refractivity contribution is 0.0386. The third kappa shape index (κ3) is 6.19. The zero-order chi connectivity index (χ0) is 15.8. The van der Waals surface area contributed by atoms with Crippen LogP contribution in [-0.2, 0) is 12.1 Å². The Morgan fingerprint density at radius 1 is 1.30 bits per heavy atom. The Kier molecular flexibility index (Phi) is 8.04. The molecule has 0 aromatic carbocycles. The van der Waals surface area contributed by atoms with Crippen LogP contribution in [0.4, 0.5) is 0 Å². The van der Waals surface area contributed by atoms with Crippen LogP contribution in [0.25, 0.3) is 0 Å². The maximum atomic E-state index is 10.4. The Labute approximate surface area is 153 Å². The van der Waals surface area contributed by atoms with Crippen LogP contribution < -0.4 is 10.6 Å². The van der Waals surface area contributed by atoms with Gasteiger partial charge in [0.2, 0.25) is 0 Å². The normalized spacial score (nSPS) is 13.8. The van der Waals surface area contributed by atoms with Gasteiger partial charge in [0, 0.05) is 12.7 Å².